The first-order chi connectivity index (χ1) is 14.6. The van der Waals surface area contributed by atoms with E-state index in [9.17, 15) is 9.59 Å². The van der Waals surface area contributed by atoms with Crippen molar-refractivity contribution in [3.05, 3.63) is 63.1 Å². The summed E-state index contributed by atoms with van der Waals surface area (Å²) < 4.78 is 5.83. The Balaban J connectivity index is 2.29. The second-order valence-corrected chi connectivity index (χ2v) is 8.68. The van der Waals surface area contributed by atoms with E-state index in [1.807, 2.05) is 52.8 Å². The average molecular weight is 465 g/mol. The van der Waals surface area contributed by atoms with E-state index in [2.05, 4.69) is 5.32 Å². The summed E-state index contributed by atoms with van der Waals surface area (Å²) in [4.78, 5) is 27.6. The molecule has 0 aliphatic heterocycles. The van der Waals surface area contributed by atoms with E-state index in [0.717, 1.165) is 11.1 Å². The maximum atomic E-state index is 13.2. The third kappa shape index (κ3) is 6.88. The number of nitrogens with zero attached hydrogens (tertiary/aromatic N) is 1. The molecule has 0 radical (unpaired) electrons. The molecule has 1 atom stereocenters. The average Bonchev–Trinajstić information content (AvgIpc) is 2.69. The molecule has 1 unspecified atom stereocenters. The molecule has 0 aromatic heterocycles. The van der Waals surface area contributed by atoms with Crippen LogP contribution in [0.2, 0.25) is 10.0 Å². The SMILES string of the molecule is CCC(C(=O)NC(C)C)N(Cc1ccc(Cl)cc1Cl)C(=O)COc1cccc(C)c1C. The first-order valence-corrected chi connectivity index (χ1v) is 11.1. The minimum Gasteiger partial charge on any atom is -0.483 e. The molecule has 7 heteroatoms. The van der Waals surface area contributed by atoms with Gasteiger partial charge in [-0.25, -0.2) is 0 Å². The molecule has 0 heterocycles. The number of aryl methyl sites for hydroxylation is 1. The van der Waals surface area contributed by atoms with Crippen LogP contribution in [-0.2, 0) is 16.1 Å². The van der Waals surface area contributed by atoms with Gasteiger partial charge in [-0.05, 0) is 69.0 Å². The fourth-order valence-electron chi connectivity index (χ4n) is 3.24. The maximum absolute atomic E-state index is 13.2. The summed E-state index contributed by atoms with van der Waals surface area (Å²) in [6.45, 7) is 9.58. The van der Waals surface area contributed by atoms with E-state index >= 15 is 0 Å². The summed E-state index contributed by atoms with van der Waals surface area (Å²) in [6.07, 6.45) is 0.457. The van der Waals surface area contributed by atoms with E-state index in [-0.39, 0.29) is 31.0 Å². The first-order valence-electron chi connectivity index (χ1n) is 10.4. The molecule has 168 valence electrons. The van der Waals surface area contributed by atoms with Crippen LogP contribution in [0.1, 0.15) is 43.9 Å². The summed E-state index contributed by atoms with van der Waals surface area (Å²) >= 11 is 12.4. The van der Waals surface area contributed by atoms with Crippen LogP contribution in [0.4, 0.5) is 0 Å². The van der Waals surface area contributed by atoms with Crippen LogP contribution in [0.5, 0.6) is 5.75 Å². The lowest BCUT2D eigenvalue weighted by Crippen LogP contribution is -2.51. The van der Waals surface area contributed by atoms with Gasteiger partial charge in [0.05, 0.1) is 0 Å². The molecule has 2 rings (SSSR count). The van der Waals surface area contributed by atoms with Gasteiger partial charge in [0.15, 0.2) is 6.61 Å². The van der Waals surface area contributed by atoms with Gasteiger partial charge in [0.2, 0.25) is 5.91 Å². The van der Waals surface area contributed by atoms with Crippen molar-refractivity contribution in [1.82, 2.24) is 10.2 Å². The highest BCUT2D eigenvalue weighted by Gasteiger charge is 2.29. The zero-order valence-corrected chi connectivity index (χ0v) is 20.2. The van der Waals surface area contributed by atoms with Crippen molar-refractivity contribution in [3.8, 4) is 5.75 Å². The maximum Gasteiger partial charge on any atom is 0.261 e. The zero-order valence-electron chi connectivity index (χ0n) is 18.7. The van der Waals surface area contributed by atoms with Gasteiger partial charge in [-0.1, -0.05) is 48.3 Å². The van der Waals surface area contributed by atoms with Crippen molar-refractivity contribution >= 4 is 35.0 Å². The Morgan fingerprint density at radius 2 is 1.84 bits per heavy atom. The van der Waals surface area contributed by atoms with Crippen LogP contribution < -0.4 is 10.1 Å². The van der Waals surface area contributed by atoms with Crippen LogP contribution in [0.25, 0.3) is 0 Å². The Morgan fingerprint density at radius 1 is 1.13 bits per heavy atom. The minimum absolute atomic E-state index is 0.0381. The fourth-order valence-corrected chi connectivity index (χ4v) is 3.70. The standard InChI is InChI=1S/C24H30Cl2N2O3/c1-6-21(24(30)27-15(2)3)28(13-18-10-11-19(25)12-20(18)26)23(29)14-31-22-9-7-8-16(4)17(22)5/h7-12,15,21H,6,13-14H2,1-5H3,(H,27,30). The smallest absolute Gasteiger partial charge is 0.261 e. The Bertz CT molecular complexity index is 931. The monoisotopic (exact) mass is 464 g/mol. The highest BCUT2D eigenvalue weighted by Crippen LogP contribution is 2.25. The molecule has 0 saturated heterocycles. The molecule has 5 nitrogen and oxygen atoms in total. The first kappa shape index (κ1) is 25.0. The van der Waals surface area contributed by atoms with Crippen molar-refractivity contribution in [1.29, 1.82) is 0 Å². The van der Waals surface area contributed by atoms with Crippen LogP contribution in [0, 0.1) is 13.8 Å². The molecule has 1 N–H and O–H groups in total. The van der Waals surface area contributed by atoms with Crippen LogP contribution >= 0.6 is 23.2 Å². The summed E-state index contributed by atoms with van der Waals surface area (Å²) in [7, 11) is 0. The molecule has 0 bridgehead atoms. The fraction of sp³-hybridized carbons (Fsp3) is 0.417. The zero-order chi connectivity index (χ0) is 23.1. The van der Waals surface area contributed by atoms with Gasteiger partial charge in [0, 0.05) is 22.6 Å². The Kier molecular flexibility index (Phi) is 9.20. The lowest BCUT2D eigenvalue weighted by atomic mass is 10.1. The molecular weight excluding hydrogens is 435 g/mol. The lowest BCUT2D eigenvalue weighted by Gasteiger charge is -2.31. The number of nitrogens with one attached hydrogen (secondary N) is 1. The van der Waals surface area contributed by atoms with Crippen molar-refractivity contribution in [3.63, 3.8) is 0 Å². The van der Waals surface area contributed by atoms with Crippen molar-refractivity contribution in [2.75, 3.05) is 6.61 Å². The second kappa shape index (κ2) is 11.4. The quantitative estimate of drug-likeness (QED) is 0.545. The van der Waals surface area contributed by atoms with Gasteiger partial charge >= 0.3 is 0 Å². The molecule has 0 aliphatic rings. The third-order valence-electron chi connectivity index (χ3n) is 5.08. The highest BCUT2D eigenvalue weighted by molar-refractivity contribution is 6.35. The van der Waals surface area contributed by atoms with E-state index in [4.69, 9.17) is 27.9 Å². The van der Waals surface area contributed by atoms with Gasteiger partial charge < -0.3 is 15.0 Å². The largest absolute Gasteiger partial charge is 0.483 e. The number of amides is 2. The topological polar surface area (TPSA) is 58.6 Å². The predicted molar refractivity (Wildman–Crippen MR) is 126 cm³/mol. The van der Waals surface area contributed by atoms with Crippen molar-refractivity contribution in [2.45, 2.75) is 59.7 Å². The van der Waals surface area contributed by atoms with Gasteiger partial charge in [-0.3, -0.25) is 9.59 Å². The summed E-state index contributed by atoms with van der Waals surface area (Å²) in [5.74, 6) is 0.151. The summed E-state index contributed by atoms with van der Waals surface area (Å²) in [6, 6.07) is 10.1. The normalized spacial score (nSPS) is 11.9. The van der Waals surface area contributed by atoms with Crippen molar-refractivity contribution < 1.29 is 14.3 Å². The van der Waals surface area contributed by atoms with E-state index in [1.54, 1.807) is 18.2 Å². The van der Waals surface area contributed by atoms with Gasteiger partial charge in [0.25, 0.3) is 5.91 Å². The molecule has 31 heavy (non-hydrogen) atoms. The van der Waals surface area contributed by atoms with E-state index in [1.165, 1.54) is 4.90 Å². The highest BCUT2D eigenvalue weighted by atomic mass is 35.5. The Hall–Kier alpha value is -2.24. The molecule has 2 aromatic rings. The van der Waals surface area contributed by atoms with E-state index < -0.39 is 6.04 Å². The number of carbonyl (C=O) groups excluding carboxylic acids is 2. The summed E-state index contributed by atoms with van der Waals surface area (Å²) in [5, 5.41) is 3.85. The minimum atomic E-state index is -0.649. The summed E-state index contributed by atoms with van der Waals surface area (Å²) in [5.41, 5.74) is 2.77. The number of benzene rings is 2. The van der Waals surface area contributed by atoms with Crippen LogP contribution in [-0.4, -0.2) is 35.4 Å². The molecule has 0 spiro atoms. The molecule has 2 amide bonds. The third-order valence-corrected chi connectivity index (χ3v) is 5.67. The number of carbonyl (C=O) groups is 2. The van der Waals surface area contributed by atoms with Gasteiger partial charge in [-0.15, -0.1) is 0 Å². The Morgan fingerprint density at radius 3 is 2.45 bits per heavy atom. The molecule has 0 fully saturated rings. The molecule has 2 aromatic carbocycles. The lowest BCUT2D eigenvalue weighted by molar-refractivity contribution is -0.143. The number of halogens is 2. The van der Waals surface area contributed by atoms with Crippen LogP contribution in [0.15, 0.2) is 36.4 Å². The van der Waals surface area contributed by atoms with Gasteiger partial charge in [0.1, 0.15) is 11.8 Å². The van der Waals surface area contributed by atoms with E-state index in [0.29, 0.717) is 27.8 Å². The van der Waals surface area contributed by atoms with Crippen LogP contribution in [0.3, 0.4) is 0 Å². The van der Waals surface area contributed by atoms with Crippen molar-refractivity contribution in [2.24, 2.45) is 0 Å². The molecule has 0 saturated carbocycles. The van der Waals surface area contributed by atoms with Gasteiger partial charge in [-0.2, -0.15) is 0 Å². The predicted octanol–water partition coefficient (Wildman–Crippen LogP) is 5.32. The number of rotatable bonds is 9. The molecule has 0 aliphatic carbocycles. The molecular formula is C24H30Cl2N2O3. The second-order valence-electron chi connectivity index (χ2n) is 7.83. The Labute approximate surface area is 194 Å². The number of hydrogen-bond donors (Lipinski definition) is 1. The number of hydrogen-bond acceptors (Lipinski definition) is 3. The number of ether oxygens (including phenoxy) is 1.